The first kappa shape index (κ1) is 12.7. The standard InChI is InChI=1S/C15H15N5/c1-10-6-14(19-13-5-3-2-4-12(10)13)15(20-16)11-7-17-9-18-8-11/h2-9,15,20H,16H2,1H3. The summed E-state index contributed by atoms with van der Waals surface area (Å²) in [4.78, 5) is 12.7. The van der Waals surface area contributed by atoms with Crippen molar-refractivity contribution in [3.63, 3.8) is 0 Å². The molecular weight excluding hydrogens is 250 g/mol. The van der Waals surface area contributed by atoms with Gasteiger partial charge in [-0.25, -0.2) is 15.4 Å². The monoisotopic (exact) mass is 265 g/mol. The highest BCUT2D eigenvalue weighted by Gasteiger charge is 2.15. The topological polar surface area (TPSA) is 76.7 Å². The molecule has 20 heavy (non-hydrogen) atoms. The van der Waals surface area contributed by atoms with E-state index < -0.39 is 0 Å². The molecule has 3 aromatic rings. The van der Waals surface area contributed by atoms with Gasteiger partial charge in [-0.15, -0.1) is 0 Å². The summed E-state index contributed by atoms with van der Waals surface area (Å²) in [6.07, 6.45) is 4.98. The van der Waals surface area contributed by atoms with Crippen LogP contribution in [0.4, 0.5) is 0 Å². The molecule has 0 aliphatic rings. The van der Waals surface area contributed by atoms with Gasteiger partial charge in [0.15, 0.2) is 0 Å². The highest BCUT2D eigenvalue weighted by Crippen LogP contribution is 2.24. The summed E-state index contributed by atoms with van der Waals surface area (Å²) in [5.41, 5.74) is 6.66. The summed E-state index contributed by atoms with van der Waals surface area (Å²) in [6.45, 7) is 2.07. The molecule has 5 nitrogen and oxygen atoms in total. The number of hydrogen-bond donors (Lipinski definition) is 2. The van der Waals surface area contributed by atoms with Crippen molar-refractivity contribution in [2.45, 2.75) is 13.0 Å². The van der Waals surface area contributed by atoms with Gasteiger partial charge in [0.1, 0.15) is 6.33 Å². The SMILES string of the molecule is Cc1cc(C(NN)c2cncnc2)nc2ccccc12. The molecular formula is C15H15N5. The van der Waals surface area contributed by atoms with Gasteiger partial charge in [0, 0.05) is 23.3 Å². The fourth-order valence-electron chi connectivity index (χ4n) is 2.34. The highest BCUT2D eigenvalue weighted by atomic mass is 15.2. The number of aromatic nitrogens is 3. The van der Waals surface area contributed by atoms with Gasteiger partial charge < -0.3 is 0 Å². The Kier molecular flexibility index (Phi) is 3.37. The van der Waals surface area contributed by atoms with Gasteiger partial charge in [-0.1, -0.05) is 18.2 Å². The first-order chi connectivity index (χ1) is 9.79. The summed E-state index contributed by atoms with van der Waals surface area (Å²) in [5.74, 6) is 5.69. The molecule has 3 rings (SSSR count). The van der Waals surface area contributed by atoms with E-state index in [0.717, 1.165) is 22.2 Å². The van der Waals surface area contributed by atoms with E-state index in [1.807, 2.05) is 24.3 Å². The summed E-state index contributed by atoms with van der Waals surface area (Å²) in [6, 6.07) is 9.88. The first-order valence-electron chi connectivity index (χ1n) is 6.37. The lowest BCUT2D eigenvalue weighted by atomic mass is 10.0. The zero-order valence-corrected chi connectivity index (χ0v) is 11.1. The van der Waals surface area contributed by atoms with Crippen molar-refractivity contribution in [2.24, 2.45) is 5.84 Å². The van der Waals surface area contributed by atoms with Crippen molar-refractivity contribution in [1.29, 1.82) is 0 Å². The number of pyridine rings is 1. The van der Waals surface area contributed by atoms with Gasteiger partial charge in [0.05, 0.1) is 17.3 Å². The van der Waals surface area contributed by atoms with Crippen LogP contribution in [0.1, 0.15) is 22.9 Å². The van der Waals surface area contributed by atoms with Crippen LogP contribution in [-0.4, -0.2) is 15.0 Å². The largest absolute Gasteiger partial charge is 0.271 e. The Bertz CT molecular complexity index is 727. The van der Waals surface area contributed by atoms with Gasteiger partial charge in [0.25, 0.3) is 0 Å². The molecule has 100 valence electrons. The normalized spacial score (nSPS) is 12.5. The van der Waals surface area contributed by atoms with Crippen molar-refractivity contribution < 1.29 is 0 Å². The number of hydrazine groups is 1. The molecule has 1 atom stereocenters. The van der Waals surface area contributed by atoms with Crippen LogP contribution in [0, 0.1) is 6.92 Å². The Labute approximate surface area is 116 Å². The number of rotatable bonds is 3. The molecule has 0 bridgehead atoms. The number of nitrogens with one attached hydrogen (secondary N) is 1. The molecule has 2 aromatic heterocycles. The second kappa shape index (κ2) is 5.32. The molecule has 0 amide bonds. The van der Waals surface area contributed by atoms with Crippen molar-refractivity contribution in [3.05, 3.63) is 65.9 Å². The van der Waals surface area contributed by atoms with Crippen molar-refractivity contribution >= 4 is 10.9 Å². The number of nitrogens with zero attached hydrogens (tertiary/aromatic N) is 3. The lowest BCUT2D eigenvalue weighted by Crippen LogP contribution is -2.29. The number of aryl methyl sites for hydroxylation is 1. The Hall–Kier alpha value is -2.37. The second-order valence-corrected chi connectivity index (χ2v) is 4.65. The number of fused-ring (bicyclic) bond motifs is 1. The fourth-order valence-corrected chi connectivity index (χ4v) is 2.34. The molecule has 0 saturated heterocycles. The Morgan fingerprint density at radius 1 is 1.15 bits per heavy atom. The summed E-state index contributed by atoms with van der Waals surface area (Å²) in [7, 11) is 0. The lowest BCUT2D eigenvalue weighted by Gasteiger charge is -2.16. The van der Waals surface area contributed by atoms with Crippen LogP contribution in [0.15, 0.2) is 49.1 Å². The number of benzene rings is 1. The molecule has 0 radical (unpaired) electrons. The van der Waals surface area contributed by atoms with Crippen molar-refractivity contribution in [2.75, 3.05) is 0 Å². The van der Waals surface area contributed by atoms with Crippen LogP contribution in [0.3, 0.4) is 0 Å². The fraction of sp³-hybridized carbons (Fsp3) is 0.133. The van der Waals surface area contributed by atoms with Crippen LogP contribution in [0.2, 0.25) is 0 Å². The van der Waals surface area contributed by atoms with E-state index in [4.69, 9.17) is 5.84 Å². The average molecular weight is 265 g/mol. The molecule has 0 fully saturated rings. The number of para-hydroxylation sites is 1. The van der Waals surface area contributed by atoms with E-state index in [2.05, 4.69) is 33.4 Å². The third kappa shape index (κ3) is 2.24. The maximum atomic E-state index is 5.69. The zero-order chi connectivity index (χ0) is 13.9. The minimum absolute atomic E-state index is 0.223. The van der Waals surface area contributed by atoms with Crippen molar-refractivity contribution in [1.82, 2.24) is 20.4 Å². The zero-order valence-electron chi connectivity index (χ0n) is 11.1. The summed E-state index contributed by atoms with van der Waals surface area (Å²) < 4.78 is 0. The van der Waals surface area contributed by atoms with Gasteiger partial charge in [-0.2, -0.15) is 0 Å². The second-order valence-electron chi connectivity index (χ2n) is 4.65. The maximum absolute atomic E-state index is 5.69. The predicted octanol–water partition coefficient (Wildman–Crippen LogP) is 1.89. The van der Waals surface area contributed by atoms with E-state index in [1.165, 1.54) is 11.9 Å². The third-order valence-corrected chi connectivity index (χ3v) is 3.32. The summed E-state index contributed by atoms with van der Waals surface area (Å²) in [5, 5.41) is 1.15. The smallest absolute Gasteiger partial charge is 0.115 e. The van der Waals surface area contributed by atoms with E-state index in [-0.39, 0.29) is 6.04 Å². The predicted molar refractivity (Wildman–Crippen MR) is 77.7 cm³/mol. The molecule has 1 aromatic carbocycles. The third-order valence-electron chi connectivity index (χ3n) is 3.32. The molecule has 0 spiro atoms. The Morgan fingerprint density at radius 2 is 1.90 bits per heavy atom. The molecule has 5 heteroatoms. The van der Waals surface area contributed by atoms with E-state index in [1.54, 1.807) is 12.4 Å². The maximum Gasteiger partial charge on any atom is 0.115 e. The molecule has 0 saturated carbocycles. The van der Waals surface area contributed by atoms with Gasteiger partial charge >= 0.3 is 0 Å². The van der Waals surface area contributed by atoms with Crippen LogP contribution >= 0.6 is 0 Å². The van der Waals surface area contributed by atoms with Crippen molar-refractivity contribution in [3.8, 4) is 0 Å². The lowest BCUT2D eigenvalue weighted by molar-refractivity contribution is 0.617. The van der Waals surface area contributed by atoms with Gasteiger partial charge in [-0.05, 0) is 24.6 Å². The van der Waals surface area contributed by atoms with E-state index >= 15 is 0 Å². The Balaban J connectivity index is 2.13. The molecule has 2 heterocycles. The average Bonchev–Trinajstić information content (AvgIpc) is 2.49. The Morgan fingerprint density at radius 3 is 2.65 bits per heavy atom. The molecule has 0 aliphatic heterocycles. The van der Waals surface area contributed by atoms with Crippen LogP contribution < -0.4 is 11.3 Å². The van der Waals surface area contributed by atoms with Gasteiger partial charge in [-0.3, -0.25) is 10.8 Å². The van der Waals surface area contributed by atoms with Crippen LogP contribution in [0.25, 0.3) is 10.9 Å². The van der Waals surface area contributed by atoms with E-state index in [9.17, 15) is 0 Å². The minimum atomic E-state index is -0.223. The summed E-state index contributed by atoms with van der Waals surface area (Å²) >= 11 is 0. The highest BCUT2D eigenvalue weighted by molar-refractivity contribution is 5.82. The van der Waals surface area contributed by atoms with E-state index in [0.29, 0.717) is 0 Å². The van der Waals surface area contributed by atoms with Crippen LogP contribution in [-0.2, 0) is 0 Å². The first-order valence-corrected chi connectivity index (χ1v) is 6.37. The van der Waals surface area contributed by atoms with Crippen LogP contribution in [0.5, 0.6) is 0 Å². The minimum Gasteiger partial charge on any atom is -0.271 e. The molecule has 0 aliphatic carbocycles. The number of hydrogen-bond acceptors (Lipinski definition) is 5. The van der Waals surface area contributed by atoms with Gasteiger partial charge in [0.2, 0.25) is 0 Å². The molecule has 1 unspecified atom stereocenters. The molecule has 3 N–H and O–H groups in total. The number of nitrogens with two attached hydrogens (primary N) is 1. The quantitative estimate of drug-likeness (QED) is 0.558.